The van der Waals surface area contributed by atoms with Crippen molar-refractivity contribution in [2.45, 2.75) is 51.0 Å². The van der Waals surface area contributed by atoms with Crippen molar-refractivity contribution in [3.63, 3.8) is 0 Å². The van der Waals surface area contributed by atoms with Crippen molar-refractivity contribution in [3.8, 4) is 11.4 Å². The lowest BCUT2D eigenvalue weighted by Gasteiger charge is -2.40. The van der Waals surface area contributed by atoms with Gasteiger partial charge in [-0.05, 0) is 73.4 Å². The molecule has 3 atom stereocenters. The van der Waals surface area contributed by atoms with E-state index in [2.05, 4.69) is 63.6 Å². The van der Waals surface area contributed by atoms with Crippen LogP contribution in [0.1, 0.15) is 54.8 Å². The first-order valence-corrected chi connectivity index (χ1v) is 13.5. The number of rotatable bonds is 8. The first kappa shape index (κ1) is 24.5. The number of fused-ring (bicyclic) bond motifs is 1. The van der Waals surface area contributed by atoms with Crippen molar-refractivity contribution in [1.29, 1.82) is 0 Å². The second-order valence-corrected chi connectivity index (χ2v) is 10.5. The zero-order valence-corrected chi connectivity index (χ0v) is 22.0. The number of carbonyl (C=O) groups excluding carboxylic acids is 1. The average molecular weight is 511 g/mol. The smallest absolute Gasteiger partial charge is 0.171 e. The first-order chi connectivity index (χ1) is 18.6. The molecule has 2 fully saturated rings. The van der Waals surface area contributed by atoms with E-state index in [1.165, 1.54) is 5.56 Å². The monoisotopic (exact) mass is 510 g/mol. The number of aromatic nitrogens is 2. The lowest BCUT2D eigenvalue weighted by atomic mass is 9.96. The second-order valence-electron chi connectivity index (χ2n) is 10.5. The zero-order valence-electron chi connectivity index (χ0n) is 22.0. The van der Waals surface area contributed by atoms with E-state index in [0.29, 0.717) is 24.7 Å². The Morgan fingerprint density at radius 2 is 2.08 bits per heavy atom. The van der Waals surface area contributed by atoms with Crippen molar-refractivity contribution in [2.75, 3.05) is 20.3 Å². The quantitative estimate of drug-likeness (QED) is 0.398. The lowest BCUT2D eigenvalue weighted by molar-refractivity contribution is -0.120. The van der Waals surface area contributed by atoms with Gasteiger partial charge in [0.2, 0.25) is 0 Å². The number of oxime groups is 1. The number of nitrogens with zero attached hydrogens (tertiary/aromatic N) is 4. The van der Waals surface area contributed by atoms with Crippen molar-refractivity contribution >= 4 is 17.7 Å². The number of hydrogen-bond donors (Lipinski definition) is 0. The Hall–Kier alpha value is -3.87. The Morgan fingerprint density at radius 3 is 2.87 bits per heavy atom. The number of amidine groups is 1. The van der Waals surface area contributed by atoms with Crippen LogP contribution >= 0.6 is 0 Å². The number of hydrogen-bond acceptors (Lipinski definition) is 6. The molecule has 3 heterocycles. The van der Waals surface area contributed by atoms with Crippen LogP contribution in [0, 0.1) is 12.8 Å². The maximum Gasteiger partial charge on any atom is 0.171 e. The van der Waals surface area contributed by atoms with Gasteiger partial charge < -0.3 is 19.0 Å². The van der Waals surface area contributed by atoms with Crippen LogP contribution in [0.4, 0.5) is 0 Å². The van der Waals surface area contributed by atoms with Crippen LogP contribution in [-0.2, 0) is 9.63 Å². The van der Waals surface area contributed by atoms with Gasteiger partial charge in [-0.2, -0.15) is 0 Å². The predicted molar refractivity (Wildman–Crippen MR) is 147 cm³/mol. The summed E-state index contributed by atoms with van der Waals surface area (Å²) in [6, 6.07) is 16.8. The second kappa shape index (κ2) is 10.5. The molecular weight excluding hydrogens is 476 g/mol. The van der Waals surface area contributed by atoms with Crippen LogP contribution in [0.25, 0.3) is 11.8 Å². The number of benzene rings is 2. The third-order valence-electron chi connectivity index (χ3n) is 7.95. The number of imidazole rings is 1. The fraction of sp³-hybridized carbons (Fsp3) is 0.387. The molecule has 0 radical (unpaired) electrons. The van der Waals surface area contributed by atoms with Crippen LogP contribution in [0.2, 0.25) is 0 Å². The van der Waals surface area contributed by atoms with Crippen molar-refractivity contribution in [3.05, 3.63) is 83.4 Å². The molecule has 1 saturated heterocycles. The largest absolute Gasteiger partial charge is 0.495 e. The standard InChI is InChI=1S/C31H34N4O3/c1-21-18-34(20-32-21)28-12-10-22(16-30(28)37-2)15-24-9-6-14-35-25(19-38-33-31(24)35)11-13-29(36)27-17-26(27)23-7-4-3-5-8-23/h3-5,7-8,10,12,15-16,18,20,25-27H,6,9,11,13-14,17,19H2,1-2H3/b24-15+/t25-,26-,27+/m0/s1. The minimum absolute atomic E-state index is 0.172. The molecule has 0 bridgehead atoms. The van der Waals surface area contributed by atoms with Gasteiger partial charge in [-0.15, -0.1) is 0 Å². The van der Waals surface area contributed by atoms with Gasteiger partial charge in [0.15, 0.2) is 5.84 Å². The van der Waals surface area contributed by atoms with Crippen LogP contribution < -0.4 is 4.74 Å². The summed E-state index contributed by atoms with van der Waals surface area (Å²) in [4.78, 5) is 25.4. The van der Waals surface area contributed by atoms with Crippen LogP contribution in [-0.4, -0.2) is 52.4 Å². The van der Waals surface area contributed by atoms with Gasteiger partial charge in [0.25, 0.3) is 0 Å². The van der Waals surface area contributed by atoms with E-state index in [0.717, 1.165) is 66.3 Å². The van der Waals surface area contributed by atoms with Gasteiger partial charge >= 0.3 is 0 Å². The molecule has 3 aliphatic rings. The highest BCUT2D eigenvalue weighted by atomic mass is 16.6. The molecule has 1 aromatic heterocycles. The summed E-state index contributed by atoms with van der Waals surface area (Å²) in [6.45, 7) is 3.44. The number of aryl methyl sites for hydroxylation is 1. The maximum absolute atomic E-state index is 13.0. The number of ether oxygens (including phenoxy) is 1. The van der Waals surface area contributed by atoms with E-state index < -0.39 is 0 Å². The molecule has 2 aromatic carbocycles. The van der Waals surface area contributed by atoms with Gasteiger partial charge in [0.05, 0.1) is 30.9 Å². The fourth-order valence-electron chi connectivity index (χ4n) is 5.82. The van der Waals surface area contributed by atoms with E-state index in [-0.39, 0.29) is 12.0 Å². The van der Waals surface area contributed by atoms with Crippen molar-refractivity contribution in [1.82, 2.24) is 14.5 Å². The molecule has 0 spiro atoms. The Balaban J connectivity index is 1.13. The van der Waals surface area contributed by atoms with E-state index in [1.54, 1.807) is 13.4 Å². The molecule has 1 aliphatic carbocycles. The highest BCUT2D eigenvalue weighted by Crippen LogP contribution is 2.48. The van der Waals surface area contributed by atoms with E-state index in [1.807, 2.05) is 23.8 Å². The average Bonchev–Trinajstić information content (AvgIpc) is 3.65. The molecule has 0 amide bonds. The molecule has 196 valence electrons. The number of Topliss-reactive ketones (excluding diaryl/α,β-unsaturated/α-hetero) is 1. The number of ketones is 1. The Labute approximate surface area is 223 Å². The Kier molecular flexibility index (Phi) is 6.75. The molecule has 1 saturated carbocycles. The third kappa shape index (κ3) is 4.97. The maximum atomic E-state index is 13.0. The van der Waals surface area contributed by atoms with Gasteiger partial charge in [0, 0.05) is 25.1 Å². The topological polar surface area (TPSA) is 69.0 Å². The molecule has 3 aromatic rings. The van der Waals surface area contributed by atoms with Crippen LogP contribution in [0.5, 0.6) is 5.75 Å². The SMILES string of the molecule is COc1cc(/C=C2\CCCN3C2=NOC[C@@H]3CCC(=O)[C@@H]2C[C@H]2c2ccccc2)ccc1-n1cnc(C)c1. The molecule has 2 aliphatic heterocycles. The van der Waals surface area contributed by atoms with Crippen LogP contribution in [0.3, 0.4) is 0 Å². The van der Waals surface area contributed by atoms with Crippen LogP contribution in [0.15, 0.2) is 71.8 Å². The molecule has 7 nitrogen and oxygen atoms in total. The summed E-state index contributed by atoms with van der Waals surface area (Å²) < 4.78 is 7.68. The van der Waals surface area contributed by atoms with E-state index >= 15 is 0 Å². The Bertz CT molecular complexity index is 1380. The summed E-state index contributed by atoms with van der Waals surface area (Å²) in [5.41, 5.74) is 5.41. The fourth-order valence-corrected chi connectivity index (χ4v) is 5.82. The molecule has 0 unspecified atom stereocenters. The minimum atomic E-state index is 0.172. The van der Waals surface area contributed by atoms with Gasteiger partial charge in [-0.3, -0.25) is 4.79 Å². The van der Waals surface area contributed by atoms with Gasteiger partial charge in [0.1, 0.15) is 18.1 Å². The zero-order chi connectivity index (χ0) is 26.1. The molecule has 6 rings (SSSR count). The molecule has 7 heteroatoms. The summed E-state index contributed by atoms with van der Waals surface area (Å²) in [6.07, 6.45) is 10.3. The summed E-state index contributed by atoms with van der Waals surface area (Å²) in [5.74, 6) is 2.65. The minimum Gasteiger partial charge on any atom is -0.495 e. The predicted octanol–water partition coefficient (Wildman–Crippen LogP) is 5.53. The number of carbonyl (C=O) groups is 1. The number of piperidine rings is 1. The van der Waals surface area contributed by atoms with E-state index in [4.69, 9.17) is 9.57 Å². The third-order valence-corrected chi connectivity index (χ3v) is 7.95. The van der Waals surface area contributed by atoms with Crippen molar-refractivity contribution in [2.24, 2.45) is 11.1 Å². The van der Waals surface area contributed by atoms with Crippen molar-refractivity contribution < 1.29 is 14.4 Å². The molecule has 0 N–H and O–H groups in total. The Morgan fingerprint density at radius 1 is 1.21 bits per heavy atom. The number of methoxy groups -OCH3 is 1. The highest BCUT2D eigenvalue weighted by Gasteiger charge is 2.43. The molecule has 38 heavy (non-hydrogen) atoms. The first-order valence-electron chi connectivity index (χ1n) is 13.5. The highest BCUT2D eigenvalue weighted by molar-refractivity contribution is 6.03. The van der Waals surface area contributed by atoms with Gasteiger partial charge in [-0.1, -0.05) is 41.6 Å². The lowest BCUT2D eigenvalue weighted by Crippen LogP contribution is -2.49. The summed E-state index contributed by atoms with van der Waals surface area (Å²) in [5, 5.41) is 4.46. The summed E-state index contributed by atoms with van der Waals surface area (Å²) >= 11 is 0. The normalized spacial score (nSPS) is 23.4. The van der Waals surface area contributed by atoms with Gasteiger partial charge in [-0.25, -0.2) is 4.98 Å². The summed E-state index contributed by atoms with van der Waals surface area (Å²) in [7, 11) is 1.69. The van der Waals surface area contributed by atoms with E-state index in [9.17, 15) is 4.79 Å². The molecular formula is C31H34N4O3.